The summed E-state index contributed by atoms with van der Waals surface area (Å²) < 4.78 is 2.73. The Balaban J connectivity index is 1.29. The Labute approximate surface area is 181 Å². The summed E-state index contributed by atoms with van der Waals surface area (Å²) in [4.78, 5) is 36.5. The molecule has 0 unspecified atom stereocenters. The number of nitrogens with one attached hydrogen (secondary N) is 1. The summed E-state index contributed by atoms with van der Waals surface area (Å²) in [5.74, 6) is 0.509. The molecular formula is C20H18N8O2S. The second-order valence-electron chi connectivity index (χ2n) is 6.34. The quantitative estimate of drug-likeness (QED) is 0.324. The van der Waals surface area contributed by atoms with E-state index in [2.05, 4.69) is 30.5 Å². The first-order chi connectivity index (χ1) is 15.2. The first-order valence-electron chi connectivity index (χ1n) is 9.39. The van der Waals surface area contributed by atoms with Gasteiger partial charge in [0.05, 0.1) is 18.0 Å². The number of amides is 1. The van der Waals surface area contributed by atoms with Crippen molar-refractivity contribution in [1.82, 2.24) is 39.8 Å². The van der Waals surface area contributed by atoms with Gasteiger partial charge in [0, 0.05) is 18.2 Å². The highest BCUT2D eigenvalue weighted by Gasteiger charge is 2.07. The third kappa shape index (κ3) is 5.39. The van der Waals surface area contributed by atoms with Crippen LogP contribution in [0.2, 0.25) is 0 Å². The Morgan fingerprint density at radius 2 is 1.94 bits per heavy atom. The number of nitrogens with zero attached hydrogens (tertiary/aromatic N) is 7. The van der Waals surface area contributed by atoms with Crippen LogP contribution in [0.25, 0.3) is 17.1 Å². The smallest absolute Gasteiger partial charge is 0.266 e. The summed E-state index contributed by atoms with van der Waals surface area (Å²) >= 11 is 1.32. The molecule has 0 aliphatic carbocycles. The molecule has 0 saturated heterocycles. The fourth-order valence-electron chi connectivity index (χ4n) is 2.72. The molecule has 11 heteroatoms. The molecule has 0 atom stereocenters. The molecule has 0 aliphatic rings. The van der Waals surface area contributed by atoms with Crippen LogP contribution >= 0.6 is 11.8 Å². The van der Waals surface area contributed by atoms with Gasteiger partial charge in [-0.2, -0.15) is 5.10 Å². The largest absolute Gasteiger partial charge is 0.354 e. The summed E-state index contributed by atoms with van der Waals surface area (Å²) in [6.07, 6.45) is 4.37. The maximum atomic E-state index is 12.2. The van der Waals surface area contributed by atoms with Crippen LogP contribution in [0.3, 0.4) is 0 Å². The molecule has 0 bridgehead atoms. The first-order valence-corrected chi connectivity index (χ1v) is 10.4. The summed E-state index contributed by atoms with van der Waals surface area (Å²) in [6, 6.07) is 14.6. The predicted molar refractivity (Wildman–Crippen MR) is 115 cm³/mol. The topological polar surface area (TPSA) is 120 Å². The molecule has 0 saturated carbocycles. The van der Waals surface area contributed by atoms with E-state index in [1.807, 2.05) is 36.4 Å². The van der Waals surface area contributed by atoms with Gasteiger partial charge in [-0.25, -0.2) is 24.3 Å². The number of rotatable bonds is 8. The molecule has 3 heterocycles. The fraction of sp³-hybridized carbons (Fsp3) is 0.150. The Kier molecular flexibility index (Phi) is 6.43. The number of benzene rings is 1. The van der Waals surface area contributed by atoms with Gasteiger partial charge in [0.2, 0.25) is 5.91 Å². The Hall–Kier alpha value is -3.86. The molecule has 1 amide bonds. The lowest BCUT2D eigenvalue weighted by atomic mass is 10.1. The highest BCUT2D eigenvalue weighted by Crippen LogP contribution is 2.21. The highest BCUT2D eigenvalue weighted by atomic mass is 32.2. The highest BCUT2D eigenvalue weighted by molar-refractivity contribution is 7.99. The van der Waals surface area contributed by atoms with E-state index in [0.29, 0.717) is 10.8 Å². The van der Waals surface area contributed by atoms with Gasteiger partial charge in [-0.3, -0.25) is 9.59 Å². The van der Waals surface area contributed by atoms with Crippen molar-refractivity contribution in [3.8, 4) is 17.1 Å². The maximum Gasteiger partial charge on any atom is 0.266 e. The van der Waals surface area contributed by atoms with Crippen LogP contribution in [0.1, 0.15) is 0 Å². The van der Waals surface area contributed by atoms with Crippen molar-refractivity contribution in [2.45, 2.75) is 11.6 Å². The van der Waals surface area contributed by atoms with Gasteiger partial charge in [-0.1, -0.05) is 42.1 Å². The third-order valence-electron chi connectivity index (χ3n) is 4.21. The summed E-state index contributed by atoms with van der Waals surface area (Å²) in [5, 5.41) is 11.7. The second-order valence-corrected chi connectivity index (χ2v) is 7.33. The van der Waals surface area contributed by atoms with Crippen molar-refractivity contribution in [1.29, 1.82) is 0 Å². The Bertz CT molecular complexity index is 1210. The van der Waals surface area contributed by atoms with Gasteiger partial charge < -0.3 is 5.32 Å². The van der Waals surface area contributed by atoms with E-state index in [4.69, 9.17) is 0 Å². The molecule has 4 aromatic rings. The second kappa shape index (κ2) is 9.76. The number of thioether (sulfide) groups is 1. The van der Waals surface area contributed by atoms with Crippen molar-refractivity contribution in [3.05, 3.63) is 77.9 Å². The normalized spacial score (nSPS) is 10.7. The van der Waals surface area contributed by atoms with E-state index in [9.17, 15) is 9.59 Å². The number of hydrogen-bond donors (Lipinski definition) is 1. The van der Waals surface area contributed by atoms with Gasteiger partial charge in [0.25, 0.3) is 5.56 Å². The lowest BCUT2D eigenvalue weighted by Gasteiger charge is -2.08. The van der Waals surface area contributed by atoms with Crippen molar-refractivity contribution >= 4 is 17.7 Å². The zero-order chi connectivity index (χ0) is 21.5. The molecule has 0 radical (unpaired) electrons. The molecule has 10 nitrogen and oxygen atoms in total. The van der Waals surface area contributed by atoms with Crippen LogP contribution in [0.15, 0.2) is 77.3 Å². The first kappa shape index (κ1) is 20.4. The van der Waals surface area contributed by atoms with E-state index < -0.39 is 0 Å². The lowest BCUT2D eigenvalue weighted by Crippen LogP contribution is -2.33. The van der Waals surface area contributed by atoms with Crippen LogP contribution in [0, 0.1) is 0 Å². The van der Waals surface area contributed by atoms with E-state index in [1.165, 1.54) is 46.2 Å². The van der Waals surface area contributed by atoms with Gasteiger partial charge in [0.15, 0.2) is 5.82 Å². The molecule has 156 valence electrons. The average molecular weight is 434 g/mol. The van der Waals surface area contributed by atoms with E-state index in [0.717, 1.165) is 11.3 Å². The summed E-state index contributed by atoms with van der Waals surface area (Å²) in [7, 11) is 0. The zero-order valence-electron chi connectivity index (χ0n) is 16.3. The van der Waals surface area contributed by atoms with Crippen LogP contribution in [-0.2, 0) is 11.3 Å². The SMILES string of the molecule is O=C(CSc1cc(-c2ccccc2)ncn1)NCCn1nc(-n2cncn2)ccc1=O. The molecule has 1 N–H and O–H groups in total. The van der Waals surface area contributed by atoms with Crippen molar-refractivity contribution in [2.24, 2.45) is 0 Å². The van der Waals surface area contributed by atoms with E-state index in [-0.39, 0.29) is 30.3 Å². The van der Waals surface area contributed by atoms with Crippen LogP contribution in [0.4, 0.5) is 0 Å². The monoisotopic (exact) mass is 434 g/mol. The summed E-state index contributed by atoms with van der Waals surface area (Å²) in [5.41, 5.74) is 1.53. The number of carbonyl (C=O) groups excluding carboxylic acids is 1. The van der Waals surface area contributed by atoms with Gasteiger partial charge in [0.1, 0.15) is 24.0 Å². The molecule has 0 spiro atoms. The molecule has 0 aliphatic heterocycles. The lowest BCUT2D eigenvalue weighted by molar-refractivity contribution is -0.118. The molecule has 4 rings (SSSR count). The number of aromatic nitrogens is 7. The predicted octanol–water partition coefficient (Wildman–Crippen LogP) is 1.19. The third-order valence-corrected chi connectivity index (χ3v) is 5.14. The minimum Gasteiger partial charge on any atom is -0.354 e. The maximum absolute atomic E-state index is 12.2. The van der Waals surface area contributed by atoms with Gasteiger partial charge in [-0.05, 0) is 12.1 Å². The Morgan fingerprint density at radius 3 is 2.74 bits per heavy atom. The van der Waals surface area contributed by atoms with E-state index in [1.54, 1.807) is 6.07 Å². The molecule has 1 aromatic carbocycles. The van der Waals surface area contributed by atoms with E-state index >= 15 is 0 Å². The van der Waals surface area contributed by atoms with Crippen molar-refractivity contribution in [3.63, 3.8) is 0 Å². The minimum absolute atomic E-state index is 0.162. The molecular weight excluding hydrogens is 416 g/mol. The van der Waals surface area contributed by atoms with Crippen LogP contribution < -0.4 is 10.9 Å². The number of hydrogen-bond acceptors (Lipinski definition) is 8. The fourth-order valence-corrected chi connectivity index (χ4v) is 3.42. The number of carbonyl (C=O) groups is 1. The standard InChI is InChI=1S/C20H18N8O2S/c29-18(11-31-19-10-16(23-13-24-19)15-4-2-1-3-5-15)22-8-9-27-20(30)7-6-17(26-27)28-14-21-12-25-28/h1-7,10,12-14H,8-9,11H2,(H,22,29). The molecule has 0 fully saturated rings. The van der Waals surface area contributed by atoms with Gasteiger partial charge in [-0.15, -0.1) is 5.10 Å². The molecule has 3 aromatic heterocycles. The Morgan fingerprint density at radius 1 is 1.06 bits per heavy atom. The summed E-state index contributed by atoms with van der Waals surface area (Å²) in [6.45, 7) is 0.510. The molecule has 31 heavy (non-hydrogen) atoms. The minimum atomic E-state index is -0.262. The van der Waals surface area contributed by atoms with Gasteiger partial charge >= 0.3 is 0 Å². The zero-order valence-corrected chi connectivity index (χ0v) is 17.1. The van der Waals surface area contributed by atoms with Crippen molar-refractivity contribution < 1.29 is 4.79 Å². The van der Waals surface area contributed by atoms with Crippen LogP contribution in [-0.4, -0.2) is 52.7 Å². The average Bonchev–Trinajstić information content (AvgIpc) is 3.35. The van der Waals surface area contributed by atoms with Crippen LogP contribution in [0.5, 0.6) is 0 Å². The van der Waals surface area contributed by atoms with Crippen molar-refractivity contribution in [2.75, 3.05) is 12.3 Å².